The fourth-order valence-electron chi connectivity index (χ4n) is 3.66. The van der Waals surface area contributed by atoms with Crippen molar-refractivity contribution < 1.29 is 71.2 Å². The molecule has 1 aliphatic heterocycles. The lowest BCUT2D eigenvalue weighted by Gasteiger charge is -2.19. The molecule has 286 valence electrons. The first-order valence-electron chi connectivity index (χ1n) is 16.9. The van der Waals surface area contributed by atoms with E-state index in [0.29, 0.717) is 139 Å². The minimum Gasteiger partial charge on any atom is -0.460 e. The predicted molar refractivity (Wildman–Crippen MR) is 175 cm³/mol. The van der Waals surface area contributed by atoms with Crippen molar-refractivity contribution in [3.8, 4) is 0 Å². The van der Waals surface area contributed by atoms with Crippen molar-refractivity contribution in [2.75, 3.05) is 152 Å². The van der Waals surface area contributed by atoms with Crippen molar-refractivity contribution in [3.05, 3.63) is 12.2 Å². The van der Waals surface area contributed by atoms with Crippen molar-refractivity contribution in [2.45, 2.75) is 32.8 Å². The molecule has 0 saturated heterocycles. The number of hydrogen-bond acceptors (Lipinski definition) is 15. The summed E-state index contributed by atoms with van der Waals surface area (Å²) in [5.74, 6) is -0.891. The Bertz CT molecular complexity index is 834. The molecule has 49 heavy (non-hydrogen) atoms. The van der Waals surface area contributed by atoms with Gasteiger partial charge in [0.15, 0.2) is 0 Å². The van der Waals surface area contributed by atoms with Gasteiger partial charge < -0.3 is 56.8 Å². The molecule has 0 N–H and O–H groups in total. The first-order chi connectivity index (χ1) is 23.8. The minimum atomic E-state index is -0.479. The van der Waals surface area contributed by atoms with Gasteiger partial charge in [0, 0.05) is 12.2 Å². The zero-order chi connectivity index (χ0) is 35.7. The third kappa shape index (κ3) is 30.5. The highest BCUT2D eigenvalue weighted by molar-refractivity contribution is 6.12. The SMILES string of the molecule is CC(C)(C)OC(=O)CCOCCOCCOCCOCCOCCOCCOCCOCCOCCOCCOCCN1C(=O)C=CC1=O. The van der Waals surface area contributed by atoms with Crippen molar-refractivity contribution in [2.24, 2.45) is 0 Å². The number of esters is 1. The van der Waals surface area contributed by atoms with Crippen LogP contribution in [-0.4, -0.2) is 180 Å². The van der Waals surface area contributed by atoms with Gasteiger partial charge in [-0.3, -0.25) is 19.3 Å². The van der Waals surface area contributed by atoms with E-state index < -0.39 is 5.60 Å². The van der Waals surface area contributed by atoms with Gasteiger partial charge in [0.1, 0.15) is 5.60 Å². The van der Waals surface area contributed by atoms with E-state index in [4.69, 9.17) is 56.8 Å². The van der Waals surface area contributed by atoms with Crippen LogP contribution in [0, 0.1) is 0 Å². The number of hydrogen-bond donors (Lipinski definition) is 0. The van der Waals surface area contributed by atoms with E-state index in [9.17, 15) is 14.4 Å². The lowest BCUT2D eigenvalue weighted by molar-refractivity contribution is -0.156. The molecule has 0 unspecified atom stereocenters. The van der Waals surface area contributed by atoms with Crippen LogP contribution in [-0.2, 0) is 71.2 Å². The van der Waals surface area contributed by atoms with Gasteiger partial charge in [-0.25, -0.2) is 0 Å². The van der Waals surface area contributed by atoms with Crippen molar-refractivity contribution >= 4 is 17.8 Å². The van der Waals surface area contributed by atoms with Crippen LogP contribution in [0.2, 0.25) is 0 Å². The summed E-state index contributed by atoms with van der Waals surface area (Å²) in [5, 5.41) is 0. The zero-order valence-electron chi connectivity index (χ0n) is 29.7. The molecule has 2 amide bonds. The van der Waals surface area contributed by atoms with Gasteiger partial charge in [-0.2, -0.15) is 0 Å². The highest BCUT2D eigenvalue weighted by Gasteiger charge is 2.22. The third-order valence-corrected chi connectivity index (χ3v) is 5.95. The molecule has 1 aliphatic rings. The third-order valence-electron chi connectivity index (χ3n) is 5.95. The second-order valence-corrected chi connectivity index (χ2v) is 11.2. The molecule has 1 heterocycles. The maximum atomic E-state index is 11.6. The molecule has 1 rings (SSSR count). The molecule has 16 nitrogen and oxygen atoms in total. The monoisotopic (exact) mass is 709 g/mol. The molecule has 0 aromatic heterocycles. The van der Waals surface area contributed by atoms with Crippen LogP contribution < -0.4 is 0 Å². The van der Waals surface area contributed by atoms with E-state index in [0.717, 1.165) is 4.90 Å². The summed E-state index contributed by atoms with van der Waals surface area (Å²) >= 11 is 0. The smallest absolute Gasteiger partial charge is 0.308 e. The highest BCUT2D eigenvalue weighted by Crippen LogP contribution is 2.08. The van der Waals surface area contributed by atoms with Crippen LogP contribution in [0.15, 0.2) is 12.2 Å². The standard InChI is InChI=1S/C33H59NO15/c1-33(2,3)49-32(37)6-8-38-10-12-40-14-16-42-18-20-44-22-24-46-26-28-48-29-27-47-25-23-45-21-19-43-17-15-41-13-11-39-9-7-34-30(35)4-5-31(34)36/h4-5H,6-29H2,1-3H3. The Morgan fingerprint density at radius 1 is 0.449 bits per heavy atom. The Hall–Kier alpha value is -2.09. The topological polar surface area (TPSA) is 165 Å². The quantitative estimate of drug-likeness (QED) is 0.0510. The number of carbonyl (C=O) groups excluding carboxylic acids is 3. The van der Waals surface area contributed by atoms with E-state index in [-0.39, 0.29) is 37.4 Å². The van der Waals surface area contributed by atoms with Gasteiger partial charge in [0.25, 0.3) is 11.8 Å². The number of rotatable bonds is 36. The summed E-state index contributed by atoms with van der Waals surface area (Å²) in [4.78, 5) is 35.5. The van der Waals surface area contributed by atoms with Crippen LogP contribution in [0.5, 0.6) is 0 Å². The first-order valence-corrected chi connectivity index (χ1v) is 16.9. The van der Waals surface area contributed by atoms with E-state index in [2.05, 4.69) is 0 Å². The fraction of sp³-hybridized carbons (Fsp3) is 0.848. The van der Waals surface area contributed by atoms with Gasteiger partial charge in [-0.1, -0.05) is 0 Å². The maximum Gasteiger partial charge on any atom is 0.308 e. The number of imide groups is 1. The van der Waals surface area contributed by atoms with Crippen LogP contribution >= 0.6 is 0 Å². The molecule has 0 saturated carbocycles. The van der Waals surface area contributed by atoms with Gasteiger partial charge in [0.05, 0.1) is 158 Å². The Kier molecular flexibility index (Phi) is 29.2. The molecular weight excluding hydrogens is 650 g/mol. The summed E-state index contributed by atoms with van der Waals surface area (Å²) in [6.07, 6.45) is 2.73. The Morgan fingerprint density at radius 2 is 0.694 bits per heavy atom. The van der Waals surface area contributed by atoms with E-state index in [1.807, 2.05) is 20.8 Å². The van der Waals surface area contributed by atoms with E-state index in [1.54, 1.807) is 0 Å². The number of carbonyl (C=O) groups is 3. The zero-order valence-corrected chi connectivity index (χ0v) is 29.7. The summed E-state index contributed by atoms with van der Waals surface area (Å²) in [5.41, 5.74) is -0.479. The summed E-state index contributed by atoms with van der Waals surface area (Å²) < 4.78 is 64.9. The van der Waals surface area contributed by atoms with E-state index >= 15 is 0 Å². The second kappa shape index (κ2) is 31.9. The largest absolute Gasteiger partial charge is 0.460 e. The summed E-state index contributed by atoms with van der Waals surface area (Å²) in [6.45, 7) is 15.4. The second-order valence-electron chi connectivity index (χ2n) is 11.2. The molecule has 16 heteroatoms. The highest BCUT2D eigenvalue weighted by atomic mass is 16.6. The molecule has 0 atom stereocenters. The molecule has 0 aliphatic carbocycles. The molecule has 0 bridgehead atoms. The van der Waals surface area contributed by atoms with Crippen LogP contribution in [0.4, 0.5) is 0 Å². The maximum absolute atomic E-state index is 11.6. The van der Waals surface area contributed by atoms with Gasteiger partial charge >= 0.3 is 5.97 Å². The lowest BCUT2D eigenvalue weighted by atomic mass is 10.2. The summed E-state index contributed by atoms with van der Waals surface area (Å²) in [6, 6.07) is 0. The van der Waals surface area contributed by atoms with Crippen LogP contribution in [0.25, 0.3) is 0 Å². The van der Waals surface area contributed by atoms with E-state index in [1.165, 1.54) is 12.2 Å². The minimum absolute atomic E-state index is 0.225. The Morgan fingerprint density at radius 3 is 0.959 bits per heavy atom. The fourth-order valence-corrected chi connectivity index (χ4v) is 3.66. The van der Waals surface area contributed by atoms with Crippen LogP contribution in [0.1, 0.15) is 27.2 Å². The average Bonchev–Trinajstić information content (AvgIpc) is 3.38. The van der Waals surface area contributed by atoms with Gasteiger partial charge in [-0.15, -0.1) is 0 Å². The Labute approximate surface area is 290 Å². The molecule has 0 aromatic rings. The molecule has 0 radical (unpaired) electrons. The number of ether oxygens (including phenoxy) is 12. The molecular formula is C33H59NO15. The molecule has 0 fully saturated rings. The predicted octanol–water partition coefficient (Wildman–Crippen LogP) is 0.826. The normalized spacial score (nSPS) is 13.2. The molecule has 0 spiro atoms. The lowest BCUT2D eigenvalue weighted by Crippen LogP contribution is -2.33. The Balaban J connectivity index is 1.64. The van der Waals surface area contributed by atoms with Gasteiger partial charge in [-0.05, 0) is 20.8 Å². The number of amides is 2. The van der Waals surface area contributed by atoms with Crippen molar-refractivity contribution in [3.63, 3.8) is 0 Å². The molecule has 0 aromatic carbocycles. The van der Waals surface area contributed by atoms with Crippen LogP contribution in [0.3, 0.4) is 0 Å². The van der Waals surface area contributed by atoms with Crippen molar-refractivity contribution in [1.82, 2.24) is 4.90 Å². The number of nitrogens with zero attached hydrogens (tertiary/aromatic N) is 1. The van der Waals surface area contributed by atoms with Gasteiger partial charge in [0.2, 0.25) is 0 Å². The first kappa shape index (κ1) is 44.9. The average molecular weight is 710 g/mol. The van der Waals surface area contributed by atoms with Crippen molar-refractivity contribution in [1.29, 1.82) is 0 Å². The summed E-state index contributed by atoms with van der Waals surface area (Å²) in [7, 11) is 0.